The van der Waals surface area contributed by atoms with Crippen LogP contribution in [0.15, 0.2) is 77.7 Å². The second-order valence-electron chi connectivity index (χ2n) is 6.95. The molecule has 164 valence electrons. The average molecular weight is 457 g/mol. The first-order chi connectivity index (χ1) is 15.1. The Kier molecular flexibility index (Phi) is 5.41. The van der Waals surface area contributed by atoms with Gasteiger partial charge in [-0.25, -0.2) is 27.0 Å². The van der Waals surface area contributed by atoms with E-state index in [1.165, 1.54) is 77.5 Å². The number of phenolic OH excluding ortho intramolecular Hbond substituents is 2. The van der Waals surface area contributed by atoms with Gasteiger partial charge in [-0.1, -0.05) is 24.3 Å². The lowest BCUT2D eigenvalue weighted by Gasteiger charge is -2.12. The van der Waals surface area contributed by atoms with Crippen molar-refractivity contribution in [3.05, 3.63) is 78.5 Å². The van der Waals surface area contributed by atoms with Crippen LogP contribution in [0.3, 0.4) is 0 Å². The molecule has 0 bridgehead atoms. The van der Waals surface area contributed by atoms with Gasteiger partial charge < -0.3 is 10.2 Å². The highest BCUT2D eigenvalue weighted by Gasteiger charge is 2.27. The predicted molar refractivity (Wildman–Crippen MR) is 114 cm³/mol. The lowest BCUT2D eigenvalue weighted by molar-refractivity contribution is 0.146. The highest BCUT2D eigenvalue weighted by molar-refractivity contribution is 7.89. The number of nitrogens with two attached hydrogens (primary N) is 1. The van der Waals surface area contributed by atoms with Crippen LogP contribution < -0.4 is 5.14 Å². The van der Waals surface area contributed by atoms with Crippen LogP contribution in [0.25, 0.3) is 28.1 Å². The molecule has 4 rings (SSSR count). The quantitative estimate of drug-likeness (QED) is 0.415. The van der Waals surface area contributed by atoms with Crippen molar-refractivity contribution in [2.24, 2.45) is 5.14 Å². The van der Waals surface area contributed by atoms with E-state index in [4.69, 9.17) is 5.14 Å². The zero-order valence-corrected chi connectivity index (χ0v) is 17.2. The van der Waals surface area contributed by atoms with Crippen LogP contribution in [0.5, 0.6) is 11.5 Å². The van der Waals surface area contributed by atoms with E-state index < -0.39 is 22.1 Å². The van der Waals surface area contributed by atoms with Gasteiger partial charge in [-0.3, -0.25) is 0 Å². The molecule has 0 unspecified atom stereocenters. The van der Waals surface area contributed by atoms with E-state index >= 15 is 0 Å². The zero-order chi connectivity index (χ0) is 23.0. The summed E-state index contributed by atoms with van der Waals surface area (Å²) in [7, 11) is -3.94. The van der Waals surface area contributed by atoms with Gasteiger partial charge >= 0.3 is 0 Å². The van der Waals surface area contributed by atoms with Crippen LogP contribution in [0.4, 0.5) is 8.78 Å². The van der Waals surface area contributed by atoms with Gasteiger partial charge in [0.05, 0.1) is 16.3 Å². The molecule has 0 fully saturated rings. The summed E-state index contributed by atoms with van der Waals surface area (Å²) in [5.74, 6) is -0.0369. The molecule has 10 heteroatoms. The molecule has 4 aromatic rings. The average Bonchev–Trinajstić information content (AvgIpc) is 3.15. The standard InChI is InChI=1S/C22H17F2N3O4S/c23-22(24)20-19(13-1-7-16(28)8-2-13)21(14-3-11-18(12-4-14)32(25,30)31)27(26-20)15-5-9-17(29)10-6-15/h1-12,22,28-29H,(H2,25,30,31). The fraction of sp³-hybridized carbons (Fsp3) is 0.0455. The largest absolute Gasteiger partial charge is 0.508 e. The van der Waals surface area contributed by atoms with Crippen LogP contribution in [-0.4, -0.2) is 28.4 Å². The Bertz CT molecular complexity index is 1370. The first-order valence-corrected chi connectivity index (χ1v) is 10.8. The molecule has 0 saturated carbocycles. The lowest BCUT2D eigenvalue weighted by Crippen LogP contribution is -2.11. The number of halogens is 2. The Morgan fingerprint density at radius 2 is 1.31 bits per heavy atom. The molecule has 3 aromatic carbocycles. The maximum absolute atomic E-state index is 14.0. The molecule has 0 saturated heterocycles. The Morgan fingerprint density at radius 1 is 0.812 bits per heavy atom. The van der Waals surface area contributed by atoms with Crippen molar-refractivity contribution >= 4 is 10.0 Å². The number of nitrogens with zero attached hydrogens (tertiary/aromatic N) is 2. The predicted octanol–water partition coefficient (Wildman–Crippen LogP) is 4.20. The summed E-state index contributed by atoms with van der Waals surface area (Å²) in [5.41, 5.74) is 1.10. The molecule has 0 spiro atoms. The van der Waals surface area contributed by atoms with Gasteiger partial charge in [0.2, 0.25) is 10.0 Å². The Balaban J connectivity index is 2.04. The van der Waals surface area contributed by atoms with E-state index in [0.29, 0.717) is 16.8 Å². The van der Waals surface area contributed by atoms with Gasteiger partial charge in [-0.15, -0.1) is 0 Å². The van der Waals surface area contributed by atoms with Gasteiger partial charge in [-0.05, 0) is 54.1 Å². The van der Waals surface area contributed by atoms with Crippen molar-refractivity contribution in [1.29, 1.82) is 0 Å². The Labute approximate surface area is 182 Å². The van der Waals surface area contributed by atoms with Crippen molar-refractivity contribution in [3.63, 3.8) is 0 Å². The van der Waals surface area contributed by atoms with Gasteiger partial charge in [-0.2, -0.15) is 5.10 Å². The second kappa shape index (κ2) is 8.06. The van der Waals surface area contributed by atoms with Crippen molar-refractivity contribution in [1.82, 2.24) is 9.78 Å². The second-order valence-corrected chi connectivity index (χ2v) is 8.52. The van der Waals surface area contributed by atoms with Crippen LogP contribution >= 0.6 is 0 Å². The molecule has 1 aromatic heterocycles. The Hall–Kier alpha value is -3.76. The molecule has 0 aliphatic carbocycles. The first-order valence-electron chi connectivity index (χ1n) is 9.28. The minimum absolute atomic E-state index is 0.00666. The van der Waals surface area contributed by atoms with Crippen molar-refractivity contribution in [2.45, 2.75) is 11.3 Å². The van der Waals surface area contributed by atoms with Crippen LogP contribution in [-0.2, 0) is 10.0 Å². The van der Waals surface area contributed by atoms with Crippen LogP contribution in [0, 0.1) is 0 Å². The lowest BCUT2D eigenvalue weighted by atomic mass is 9.98. The third kappa shape index (κ3) is 4.05. The van der Waals surface area contributed by atoms with E-state index in [2.05, 4.69) is 5.10 Å². The minimum Gasteiger partial charge on any atom is -0.508 e. The maximum Gasteiger partial charge on any atom is 0.282 e. The van der Waals surface area contributed by atoms with Gasteiger partial charge in [0.15, 0.2) is 0 Å². The first kappa shape index (κ1) is 21.5. The topological polar surface area (TPSA) is 118 Å². The number of rotatable bonds is 5. The molecular weight excluding hydrogens is 440 g/mol. The maximum atomic E-state index is 14.0. The number of aromatic nitrogens is 2. The highest BCUT2D eigenvalue weighted by atomic mass is 32.2. The molecule has 0 amide bonds. The minimum atomic E-state index is -3.94. The SMILES string of the molecule is NS(=O)(=O)c1ccc(-c2c(-c3ccc(O)cc3)c(C(F)F)nn2-c2ccc(O)cc2)cc1. The fourth-order valence-electron chi connectivity index (χ4n) is 3.35. The number of alkyl halides is 2. The Morgan fingerprint density at radius 3 is 1.81 bits per heavy atom. The third-order valence-corrected chi connectivity index (χ3v) is 5.75. The summed E-state index contributed by atoms with van der Waals surface area (Å²) in [6.45, 7) is 0. The highest BCUT2D eigenvalue weighted by Crippen LogP contribution is 2.41. The molecule has 0 radical (unpaired) electrons. The van der Waals surface area contributed by atoms with E-state index in [1.54, 1.807) is 0 Å². The van der Waals surface area contributed by atoms with E-state index in [1.807, 2.05) is 0 Å². The summed E-state index contributed by atoms with van der Waals surface area (Å²) in [5, 5.41) is 28.5. The third-order valence-electron chi connectivity index (χ3n) is 4.83. The number of benzene rings is 3. The normalized spacial score (nSPS) is 11.8. The number of aromatic hydroxyl groups is 2. The van der Waals surface area contributed by atoms with E-state index in [0.717, 1.165) is 0 Å². The number of primary sulfonamides is 1. The van der Waals surface area contributed by atoms with E-state index in [-0.39, 0.29) is 27.7 Å². The number of hydrogen-bond acceptors (Lipinski definition) is 5. The fourth-order valence-corrected chi connectivity index (χ4v) is 3.87. The molecule has 32 heavy (non-hydrogen) atoms. The summed E-state index contributed by atoms with van der Waals surface area (Å²) < 4.78 is 52.6. The summed E-state index contributed by atoms with van der Waals surface area (Å²) in [6, 6.07) is 17.0. The number of hydrogen-bond donors (Lipinski definition) is 3. The van der Waals surface area contributed by atoms with Crippen molar-refractivity contribution < 1.29 is 27.4 Å². The van der Waals surface area contributed by atoms with Gasteiger partial charge in [0, 0.05) is 11.1 Å². The summed E-state index contributed by atoms with van der Waals surface area (Å²) in [4.78, 5) is -0.128. The molecule has 0 atom stereocenters. The molecular formula is C22H17F2N3O4S. The van der Waals surface area contributed by atoms with Gasteiger partial charge in [0.25, 0.3) is 6.43 Å². The summed E-state index contributed by atoms with van der Waals surface area (Å²) in [6.07, 6.45) is -2.92. The van der Waals surface area contributed by atoms with E-state index in [9.17, 15) is 27.4 Å². The van der Waals surface area contributed by atoms with Gasteiger partial charge in [0.1, 0.15) is 17.2 Å². The molecule has 0 aliphatic rings. The van der Waals surface area contributed by atoms with Crippen LogP contribution in [0.1, 0.15) is 12.1 Å². The summed E-state index contributed by atoms with van der Waals surface area (Å²) >= 11 is 0. The zero-order valence-electron chi connectivity index (χ0n) is 16.4. The monoisotopic (exact) mass is 457 g/mol. The van der Waals surface area contributed by atoms with Crippen molar-refractivity contribution in [2.75, 3.05) is 0 Å². The molecule has 1 heterocycles. The number of phenols is 2. The van der Waals surface area contributed by atoms with Crippen LogP contribution in [0.2, 0.25) is 0 Å². The smallest absolute Gasteiger partial charge is 0.282 e. The molecule has 7 nitrogen and oxygen atoms in total. The molecule has 0 aliphatic heterocycles. The molecule has 4 N–H and O–H groups in total. The number of sulfonamides is 1. The van der Waals surface area contributed by atoms with Crippen molar-refractivity contribution in [3.8, 4) is 39.6 Å².